The Morgan fingerprint density at radius 1 is 1.28 bits per heavy atom. The van der Waals surface area contributed by atoms with Crippen LogP contribution in [0.25, 0.3) is 0 Å². The Bertz CT molecular complexity index is 389. The van der Waals surface area contributed by atoms with E-state index in [4.69, 9.17) is 9.47 Å². The molecule has 0 saturated heterocycles. The highest BCUT2D eigenvalue weighted by Gasteiger charge is 2.35. The van der Waals surface area contributed by atoms with E-state index in [2.05, 4.69) is 5.32 Å². The summed E-state index contributed by atoms with van der Waals surface area (Å²) in [4.78, 5) is 12.0. The highest BCUT2D eigenvalue weighted by atomic mass is 16.5. The van der Waals surface area contributed by atoms with E-state index >= 15 is 0 Å². The van der Waals surface area contributed by atoms with E-state index in [9.17, 15) is 4.79 Å². The molecule has 0 aliphatic heterocycles. The first-order valence-electron chi connectivity index (χ1n) is 5.94. The maximum absolute atomic E-state index is 12.0. The first kappa shape index (κ1) is 14.7. The average Bonchev–Trinajstić information content (AvgIpc) is 2.38. The van der Waals surface area contributed by atoms with E-state index in [0.29, 0.717) is 13.2 Å². The number of ether oxygens (including phenoxy) is 2. The summed E-state index contributed by atoms with van der Waals surface area (Å²) >= 11 is 0. The number of hydrogen-bond acceptors (Lipinski definition) is 4. The quantitative estimate of drug-likeness (QED) is 0.616. The maximum Gasteiger partial charge on any atom is 0.330 e. The summed E-state index contributed by atoms with van der Waals surface area (Å²) in [6.45, 7) is 4.95. The summed E-state index contributed by atoms with van der Waals surface area (Å²) in [5.41, 5.74) is 1.19. The van der Waals surface area contributed by atoms with Crippen molar-refractivity contribution in [3.63, 3.8) is 0 Å². The van der Waals surface area contributed by atoms with Gasteiger partial charge in [0.15, 0.2) is 0 Å². The monoisotopic (exact) mass is 251 g/mol. The average molecular weight is 251 g/mol. The number of carbonyl (C=O) groups excluding carboxylic acids is 1. The predicted molar refractivity (Wildman–Crippen MR) is 70.4 cm³/mol. The van der Waals surface area contributed by atoms with E-state index in [0.717, 1.165) is 11.1 Å². The third-order valence-electron chi connectivity index (χ3n) is 3.01. The number of nitrogens with one attached hydrogen (secondary N) is 1. The molecule has 1 aromatic rings. The van der Waals surface area contributed by atoms with Crippen LogP contribution in [0, 0.1) is 6.92 Å². The number of methoxy groups -OCH3 is 2. The molecule has 1 atom stereocenters. The second-order valence-corrected chi connectivity index (χ2v) is 4.40. The summed E-state index contributed by atoms with van der Waals surface area (Å²) in [5.74, 6) is -0.303. The van der Waals surface area contributed by atoms with Gasteiger partial charge in [-0.05, 0) is 19.4 Å². The highest BCUT2D eigenvalue weighted by Crippen LogP contribution is 2.22. The lowest BCUT2D eigenvalue weighted by atomic mass is 9.91. The third-order valence-corrected chi connectivity index (χ3v) is 3.01. The molecule has 0 spiro atoms. The Kier molecular flexibility index (Phi) is 5.31. The molecular weight excluding hydrogens is 230 g/mol. The van der Waals surface area contributed by atoms with Crippen molar-refractivity contribution in [3.8, 4) is 0 Å². The first-order chi connectivity index (χ1) is 8.54. The number of hydrogen-bond donors (Lipinski definition) is 1. The van der Waals surface area contributed by atoms with Gasteiger partial charge in [-0.2, -0.15) is 0 Å². The van der Waals surface area contributed by atoms with Gasteiger partial charge < -0.3 is 9.47 Å². The van der Waals surface area contributed by atoms with Crippen molar-refractivity contribution in [2.75, 3.05) is 27.4 Å². The standard InChI is InChI=1S/C14H21NO3/c1-11-5-7-12(8-6-11)14(2,13(16)18-4)15-9-10-17-3/h5-8,15H,9-10H2,1-4H3. The largest absolute Gasteiger partial charge is 0.467 e. The molecule has 100 valence electrons. The summed E-state index contributed by atoms with van der Waals surface area (Å²) < 4.78 is 9.88. The van der Waals surface area contributed by atoms with Crippen LogP contribution in [0.1, 0.15) is 18.1 Å². The normalized spacial score (nSPS) is 14.0. The molecule has 1 rings (SSSR count). The zero-order valence-corrected chi connectivity index (χ0v) is 11.4. The molecule has 4 nitrogen and oxygen atoms in total. The molecule has 0 heterocycles. The van der Waals surface area contributed by atoms with Crippen molar-refractivity contribution in [1.29, 1.82) is 0 Å². The molecular formula is C14H21NO3. The van der Waals surface area contributed by atoms with E-state index in [1.54, 1.807) is 7.11 Å². The lowest BCUT2D eigenvalue weighted by molar-refractivity contribution is -0.148. The number of esters is 1. The van der Waals surface area contributed by atoms with Crippen molar-refractivity contribution in [2.45, 2.75) is 19.4 Å². The fraction of sp³-hybridized carbons (Fsp3) is 0.500. The molecule has 1 unspecified atom stereocenters. The Hall–Kier alpha value is -1.39. The topological polar surface area (TPSA) is 47.6 Å². The lowest BCUT2D eigenvalue weighted by Gasteiger charge is -2.28. The molecule has 0 aliphatic carbocycles. The maximum atomic E-state index is 12.0. The summed E-state index contributed by atoms with van der Waals surface area (Å²) in [6, 6.07) is 7.83. The van der Waals surface area contributed by atoms with E-state index in [1.165, 1.54) is 7.11 Å². The van der Waals surface area contributed by atoms with Crippen LogP contribution in [0.5, 0.6) is 0 Å². The molecule has 1 N–H and O–H groups in total. The van der Waals surface area contributed by atoms with Gasteiger partial charge in [-0.25, -0.2) is 4.79 Å². The lowest BCUT2D eigenvalue weighted by Crippen LogP contribution is -2.48. The molecule has 0 amide bonds. The number of benzene rings is 1. The SMILES string of the molecule is COCCNC(C)(C(=O)OC)c1ccc(C)cc1. The van der Waals surface area contributed by atoms with Crippen LogP contribution in [0.2, 0.25) is 0 Å². The minimum atomic E-state index is -0.846. The molecule has 0 bridgehead atoms. The Balaban J connectivity index is 2.96. The number of carbonyl (C=O) groups is 1. The van der Waals surface area contributed by atoms with E-state index in [1.807, 2.05) is 38.1 Å². The first-order valence-corrected chi connectivity index (χ1v) is 5.94. The zero-order chi connectivity index (χ0) is 13.6. The van der Waals surface area contributed by atoms with E-state index in [-0.39, 0.29) is 5.97 Å². The van der Waals surface area contributed by atoms with Gasteiger partial charge in [0.1, 0.15) is 5.54 Å². The third kappa shape index (κ3) is 3.31. The Morgan fingerprint density at radius 3 is 2.39 bits per heavy atom. The van der Waals surface area contributed by atoms with Gasteiger partial charge in [-0.15, -0.1) is 0 Å². The van der Waals surface area contributed by atoms with Crippen LogP contribution in [0.15, 0.2) is 24.3 Å². The van der Waals surface area contributed by atoms with Gasteiger partial charge in [0.05, 0.1) is 13.7 Å². The smallest absolute Gasteiger partial charge is 0.330 e. The predicted octanol–water partition coefficient (Wildman–Crippen LogP) is 1.62. The Morgan fingerprint density at radius 2 is 1.89 bits per heavy atom. The van der Waals surface area contributed by atoms with Crippen molar-refractivity contribution in [1.82, 2.24) is 5.32 Å². The Labute approximate surface area is 108 Å². The van der Waals surface area contributed by atoms with Crippen LogP contribution < -0.4 is 5.32 Å². The van der Waals surface area contributed by atoms with Gasteiger partial charge in [0.2, 0.25) is 0 Å². The zero-order valence-electron chi connectivity index (χ0n) is 11.4. The molecule has 4 heteroatoms. The molecule has 0 radical (unpaired) electrons. The molecule has 0 aliphatic rings. The molecule has 1 aromatic carbocycles. The van der Waals surface area contributed by atoms with Crippen LogP contribution in [0.4, 0.5) is 0 Å². The van der Waals surface area contributed by atoms with Gasteiger partial charge in [0.25, 0.3) is 0 Å². The van der Waals surface area contributed by atoms with Crippen molar-refractivity contribution >= 4 is 5.97 Å². The second-order valence-electron chi connectivity index (χ2n) is 4.40. The van der Waals surface area contributed by atoms with Gasteiger partial charge in [-0.1, -0.05) is 29.8 Å². The summed E-state index contributed by atoms with van der Waals surface area (Å²) in [7, 11) is 3.02. The number of rotatable bonds is 6. The molecule has 18 heavy (non-hydrogen) atoms. The van der Waals surface area contributed by atoms with Crippen LogP contribution in [-0.4, -0.2) is 33.3 Å². The molecule has 0 fully saturated rings. The number of aryl methyl sites for hydroxylation is 1. The minimum absolute atomic E-state index is 0.303. The molecule has 0 aromatic heterocycles. The molecule has 0 saturated carbocycles. The van der Waals surface area contributed by atoms with Gasteiger partial charge in [0, 0.05) is 13.7 Å². The fourth-order valence-electron chi connectivity index (χ4n) is 1.79. The van der Waals surface area contributed by atoms with Crippen molar-refractivity contribution in [2.24, 2.45) is 0 Å². The van der Waals surface area contributed by atoms with Gasteiger partial charge in [-0.3, -0.25) is 5.32 Å². The summed E-state index contributed by atoms with van der Waals surface area (Å²) in [5, 5.41) is 3.18. The highest BCUT2D eigenvalue weighted by molar-refractivity contribution is 5.82. The van der Waals surface area contributed by atoms with Crippen molar-refractivity contribution < 1.29 is 14.3 Å². The second kappa shape index (κ2) is 6.52. The fourth-order valence-corrected chi connectivity index (χ4v) is 1.79. The minimum Gasteiger partial charge on any atom is -0.467 e. The van der Waals surface area contributed by atoms with Crippen molar-refractivity contribution in [3.05, 3.63) is 35.4 Å². The summed E-state index contributed by atoms with van der Waals surface area (Å²) in [6.07, 6.45) is 0. The van der Waals surface area contributed by atoms with E-state index < -0.39 is 5.54 Å². The van der Waals surface area contributed by atoms with Crippen LogP contribution in [-0.2, 0) is 19.8 Å². The van der Waals surface area contributed by atoms with Crippen LogP contribution >= 0.6 is 0 Å². The van der Waals surface area contributed by atoms with Gasteiger partial charge >= 0.3 is 5.97 Å². The van der Waals surface area contributed by atoms with Crippen LogP contribution in [0.3, 0.4) is 0 Å².